The smallest absolute Gasteiger partial charge is 0.399 e. The molecule has 7 heteroatoms. The number of nitrogens with zero attached hydrogens (tertiary/aromatic N) is 2. The van der Waals surface area contributed by atoms with Gasteiger partial charge in [-0.3, -0.25) is 0 Å². The predicted octanol–water partition coefficient (Wildman–Crippen LogP) is 25.1. The summed E-state index contributed by atoms with van der Waals surface area (Å²) < 4.78 is 18.5. The summed E-state index contributed by atoms with van der Waals surface area (Å²) in [5, 5.41) is 17.7. The van der Waals surface area contributed by atoms with Crippen molar-refractivity contribution in [2.75, 3.05) is 0 Å². The van der Waals surface area contributed by atoms with Crippen LogP contribution in [0.15, 0.2) is 332 Å². The Hall–Kier alpha value is -11.6. The van der Waals surface area contributed by atoms with Crippen LogP contribution < -0.4 is 5.46 Å². The van der Waals surface area contributed by atoms with E-state index in [0.29, 0.717) is 0 Å². The lowest BCUT2D eigenvalue weighted by molar-refractivity contribution is 0.00578. The van der Waals surface area contributed by atoms with Gasteiger partial charge in [0.05, 0.1) is 33.3 Å². The van der Waals surface area contributed by atoms with Crippen molar-refractivity contribution in [2.24, 2.45) is 0 Å². The third kappa shape index (κ3) is 10.4. The molecule has 3 aromatic heterocycles. The minimum atomic E-state index is -0.353. The van der Waals surface area contributed by atoms with Gasteiger partial charge >= 0.3 is 7.12 Å². The van der Waals surface area contributed by atoms with Crippen LogP contribution in [0, 0.1) is 0 Å². The highest BCUT2D eigenvalue weighted by molar-refractivity contribution is 9.10. The molecule has 1 fully saturated rings. The molecule has 0 unspecified atom stereocenters. The number of rotatable bonds is 6. The van der Waals surface area contributed by atoms with E-state index < -0.39 is 0 Å². The minimum absolute atomic E-state index is 0.348. The summed E-state index contributed by atoms with van der Waals surface area (Å²) in [6.07, 6.45) is 1.05. The summed E-state index contributed by atoms with van der Waals surface area (Å²) in [6.45, 7) is 8.37. The van der Waals surface area contributed by atoms with Crippen molar-refractivity contribution in [2.45, 2.75) is 45.3 Å². The Morgan fingerprint density at radius 2 is 0.765 bits per heavy atom. The standard InChI is InChI=1S/C44H28N2.C34H30BNO2.C17H11Br/c1-2-10-33(11-3-1)46-42-17-9-7-13-35(42)39-26-31(22-23-43(39)46)29-18-19-30-25-32(21-20-28(30)24-29)38-27-41-44(36-14-5-4-12-34(36)38)37-15-6-8-16-40(37)45-41;1-33(2)34(3,4)38-35(37-33)27-18-16-24-20-23(14-15-25(24)21-27)26-17-19-32-30(22-26)29-12-8-9-13-31(29)36(32)28-10-6-5-7-11-28;18-16-10-12-9-11-5-1-2-6-13(11)17(12)15-8-4-3-7-14(15)16/h1-27,45H;5-22H,1-4H3;1-8,10H,9H2. The van der Waals surface area contributed by atoms with E-state index in [1.165, 1.54) is 180 Å². The van der Waals surface area contributed by atoms with Crippen LogP contribution in [0.2, 0.25) is 0 Å². The van der Waals surface area contributed by atoms with Crippen LogP contribution in [0.1, 0.15) is 38.8 Å². The number of para-hydroxylation sites is 5. The lowest BCUT2D eigenvalue weighted by Crippen LogP contribution is -2.41. The molecule has 0 radical (unpaired) electrons. The highest BCUT2D eigenvalue weighted by Crippen LogP contribution is 2.46. The SMILES string of the molecule is Brc1cc2c(c3ccccc13)-c1ccccc1C2.CC1(C)OB(c2ccc3cc(-c4ccc5c(c4)c4ccccc4n5-c4ccccc4)ccc3c2)OC1(C)C.c1ccc(-n2c3ccccc3c3cc(-c4ccc5cc(-c6cc7[nH]c8ccccc8c7c7ccccc67)ccc5c4)ccc32)cc1. The second-order valence-electron chi connectivity index (χ2n) is 28.4. The maximum Gasteiger partial charge on any atom is 0.494 e. The Morgan fingerprint density at radius 1 is 0.324 bits per heavy atom. The van der Waals surface area contributed by atoms with E-state index in [1.54, 1.807) is 0 Å². The van der Waals surface area contributed by atoms with Crippen molar-refractivity contribution >= 4 is 137 Å². The monoisotopic (exact) mass is 1370 g/mol. The number of aromatic nitrogens is 3. The summed E-state index contributed by atoms with van der Waals surface area (Å²) >= 11 is 3.70. The summed E-state index contributed by atoms with van der Waals surface area (Å²) in [5.41, 5.74) is 23.0. The third-order valence-corrected chi connectivity index (χ3v) is 22.5. The van der Waals surface area contributed by atoms with Gasteiger partial charge in [-0.25, -0.2) is 0 Å². The van der Waals surface area contributed by atoms with Crippen molar-refractivity contribution < 1.29 is 9.31 Å². The number of halogens is 1. The second kappa shape index (κ2) is 24.4. The maximum absolute atomic E-state index is 6.28. The van der Waals surface area contributed by atoms with E-state index in [4.69, 9.17) is 9.31 Å². The third-order valence-electron chi connectivity index (χ3n) is 21.8. The molecule has 0 amide bonds. The van der Waals surface area contributed by atoms with Crippen molar-refractivity contribution in [1.82, 2.24) is 14.1 Å². The van der Waals surface area contributed by atoms with E-state index in [1.807, 2.05) is 0 Å². The number of fused-ring (bicyclic) bond motifs is 18. The molecule has 102 heavy (non-hydrogen) atoms. The quantitative estimate of drug-likeness (QED) is 0.169. The number of aromatic amines is 1. The maximum atomic E-state index is 6.28. The van der Waals surface area contributed by atoms with Gasteiger partial charge in [-0.1, -0.05) is 246 Å². The van der Waals surface area contributed by atoms with Crippen LogP contribution in [-0.4, -0.2) is 32.4 Å². The zero-order chi connectivity index (χ0) is 68.4. The fourth-order valence-corrected chi connectivity index (χ4v) is 16.7. The first kappa shape index (κ1) is 61.5. The number of hydrogen-bond acceptors (Lipinski definition) is 2. The Kier molecular flexibility index (Phi) is 14.7. The first-order valence-electron chi connectivity index (χ1n) is 35.3. The fourth-order valence-electron chi connectivity index (χ4n) is 16.1. The van der Waals surface area contributed by atoms with Gasteiger partial charge in [-0.05, 0) is 235 Å². The van der Waals surface area contributed by atoms with Crippen LogP contribution in [-0.2, 0) is 15.7 Å². The van der Waals surface area contributed by atoms with Crippen LogP contribution in [0.5, 0.6) is 0 Å². The van der Waals surface area contributed by atoms with Gasteiger partial charge in [0.2, 0.25) is 0 Å². The molecule has 1 N–H and O–H groups in total. The molecule has 4 heterocycles. The van der Waals surface area contributed by atoms with Crippen molar-refractivity contribution in [1.29, 1.82) is 0 Å². The van der Waals surface area contributed by atoms with Gasteiger partial charge < -0.3 is 23.4 Å². The molecule has 0 bridgehead atoms. The van der Waals surface area contributed by atoms with E-state index in [-0.39, 0.29) is 18.3 Å². The van der Waals surface area contributed by atoms with E-state index >= 15 is 0 Å². The second-order valence-corrected chi connectivity index (χ2v) is 29.2. The molecule has 2 aliphatic rings. The molecule has 486 valence electrons. The van der Waals surface area contributed by atoms with E-state index in [0.717, 1.165) is 11.9 Å². The molecule has 1 aliphatic heterocycles. The Balaban J connectivity index is 0.000000115. The molecule has 5 nitrogen and oxygen atoms in total. The van der Waals surface area contributed by atoms with Crippen LogP contribution in [0.3, 0.4) is 0 Å². The highest BCUT2D eigenvalue weighted by Gasteiger charge is 2.51. The van der Waals surface area contributed by atoms with E-state index in [2.05, 4.69) is 385 Å². The van der Waals surface area contributed by atoms with Gasteiger partial charge in [0.25, 0.3) is 0 Å². The lowest BCUT2D eigenvalue weighted by atomic mass is 9.78. The summed E-state index contributed by atoms with van der Waals surface area (Å²) in [6, 6.07) is 119. The largest absolute Gasteiger partial charge is 0.494 e. The predicted molar refractivity (Wildman–Crippen MR) is 435 cm³/mol. The lowest BCUT2D eigenvalue weighted by Gasteiger charge is -2.32. The molecule has 0 atom stereocenters. The van der Waals surface area contributed by atoms with Gasteiger partial charge in [-0.2, -0.15) is 0 Å². The average molecular weight is 1380 g/mol. The molecule has 19 aromatic rings. The van der Waals surface area contributed by atoms with Crippen LogP contribution in [0.4, 0.5) is 0 Å². The number of hydrogen-bond donors (Lipinski definition) is 1. The normalized spacial score (nSPS) is 13.8. The molecule has 21 rings (SSSR count). The molecule has 0 spiro atoms. The van der Waals surface area contributed by atoms with Crippen molar-refractivity contribution in [3.8, 4) is 55.9 Å². The molecule has 1 aliphatic carbocycles. The number of H-pyrrole nitrogens is 1. The Morgan fingerprint density at radius 3 is 1.37 bits per heavy atom. The molecular weight excluding hydrogens is 1310 g/mol. The molecule has 1 saturated heterocycles. The average Bonchev–Trinajstić information content (AvgIpc) is 1.49. The molecular formula is C95H69BBrN3O2. The van der Waals surface area contributed by atoms with Crippen molar-refractivity contribution in [3.05, 3.63) is 343 Å². The van der Waals surface area contributed by atoms with Crippen LogP contribution in [0.25, 0.3) is 164 Å². The first-order valence-corrected chi connectivity index (χ1v) is 36.1. The van der Waals surface area contributed by atoms with Gasteiger partial charge in [0.15, 0.2) is 0 Å². The minimum Gasteiger partial charge on any atom is -0.399 e. The van der Waals surface area contributed by atoms with Gasteiger partial charge in [0.1, 0.15) is 0 Å². The summed E-state index contributed by atoms with van der Waals surface area (Å²) in [7, 11) is -0.353. The van der Waals surface area contributed by atoms with E-state index in [9.17, 15) is 0 Å². The zero-order valence-corrected chi connectivity index (χ0v) is 58.6. The van der Waals surface area contributed by atoms with Crippen molar-refractivity contribution in [3.63, 3.8) is 0 Å². The Labute approximate surface area is 600 Å². The fraction of sp³-hybridized carbons (Fsp3) is 0.0737. The van der Waals surface area contributed by atoms with Gasteiger partial charge in [0, 0.05) is 59.2 Å². The molecule has 16 aromatic carbocycles. The number of benzene rings is 16. The highest BCUT2D eigenvalue weighted by atomic mass is 79.9. The Bertz CT molecular complexity index is 6570. The summed E-state index contributed by atoms with van der Waals surface area (Å²) in [4.78, 5) is 3.68. The molecule has 0 saturated carbocycles. The zero-order valence-electron chi connectivity index (χ0n) is 57.1. The number of nitrogens with one attached hydrogen (secondary N) is 1. The first-order chi connectivity index (χ1) is 49.9. The summed E-state index contributed by atoms with van der Waals surface area (Å²) in [5.74, 6) is 0. The van der Waals surface area contributed by atoms with Gasteiger partial charge in [-0.15, -0.1) is 0 Å². The topological polar surface area (TPSA) is 44.1 Å². The van der Waals surface area contributed by atoms with Crippen LogP contribution >= 0.6 is 15.9 Å².